The van der Waals surface area contributed by atoms with Crippen LogP contribution in [0, 0.1) is 37.5 Å². The van der Waals surface area contributed by atoms with Crippen molar-refractivity contribution in [2.24, 2.45) is 23.7 Å². The molecule has 4 atom stereocenters. The highest BCUT2D eigenvalue weighted by Crippen LogP contribution is 2.76. The molecular formula is C54H78O3P2. The molecule has 4 bridgehead atoms. The number of hydrogen-bond acceptors (Lipinski definition) is 3. The van der Waals surface area contributed by atoms with Crippen LogP contribution in [0.4, 0.5) is 0 Å². The van der Waals surface area contributed by atoms with Crippen LogP contribution in [0.1, 0.15) is 189 Å². The SMILES string of the molecule is COc1cccc(C)c1C1=C(P(=O)(C2CCCCC2)C2CCCCC2)C2CCC1C2.COc1cccc(C)c1C1=C(P(C2CCCCC2)C2CCCCC2)C2CCC1C2. The fourth-order valence-corrected chi connectivity index (χ4v) is 24.3. The predicted molar refractivity (Wildman–Crippen MR) is 253 cm³/mol. The Labute approximate surface area is 360 Å². The lowest BCUT2D eigenvalue weighted by molar-refractivity contribution is 0.412. The second-order valence-electron chi connectivity index (χ2n) is 20.6. The number of rotatable bonds is 10. The van der Waals surface area contributed by atoms with Crippen LogP contribution in [0.3, 0.4) is 0 Å². The highest BCUT2D eigenvalue weighted by molar-refractivity contribution is 7.70. The fourth-order valence-electron chi connectivity index (χ4n) is 14.7. The zero-order valence-corrected chi connectivity index (χ0v) is 39.4. The summed E-state index contributed by atoms with van der Waals surface area (Å²) < 4.78 is 27.3. The highest BCUT2D eigenvalue weighted by Gasteiger charge is 2.53. The van der Waals surface area contributed by atoms with Crippen LogP contribution >= 0.6 is 15.1 Å². The third-order valence-corrected chi connectivity index (χ3v) is 25.6. The van der Waals surface area contributed by atoms with E-state index in [1.54, 1.807) is 12.7 Å². The lowest BCUT2D eigenvalue weighted by Crippen LogP contribution is -2.26. The summed E-state index contributed by atoms with van der Waals surface area (Å²) in [6.45, 7) is 4.54. The third kappa shape index (κ3) is 8.16. The van der Waals surface area contributed by atoms with E-state index < -0.39 is 7.14 Å². The minimum Gasteiger partial charge on any atom is -0.496 e. The molecule has 0 N–H and O–H groups in total. The lowest BCUT2D eigenvalue weighted by Gasteiger charge is -2.42. The predicted octanol–water partition coefficient (Wildman–Crippen LogP) is 16.5. The van der Waals surface area contributed by atoms with Gasteiger partial charge >= 0.3 is 0 Å². The molecule has 322 valence electrons. The number of benzene rings is 2. The maximum absolute atomic E-state index is 15.5. The van der Waals surface area contributed by atoms with E-state index in [0.29, 0.717) is 23.2 Å². The summed E-state index contributed by atoms with van der Waals surface area (Å²) in [5.41, 5.74) is 11.7. The molecule has 2 aromatic carbocycles. The van der Waals surface area contributed by atoms with Crippen LogP contribution in [0.2, 0.25) is 0 Å². The number of ether oxygens (including phenoxy) is 2. The maximum Gasteiger partial charge on any atom is 0.126 e. The van der Waals surface area contributed by atoms with Crippen LogP contribution in [0.5, 0.6) is 11.5 Å². The van der Waals surface area contributed by atoms with Gasteiger partial charge < -0.3 is 14.0 Å². The second-order valence-corrected chi connectivity index (χ2v) is 26.7. The minimum atomic E-state index is -2.41. The summed E-state index contributed by atoms with van der Waals surface area (Å²) in [5.74, 6) is 5.00. The van der Waals surface area contributed by atoms with E-state index in [4.69, 9.17) is 9.47 Å². The van der Waals surface area contributed by atoms with E-state index in [9.17, 15) is 0 Å². The second kappa shape index (κ2) is 18.9. The zero-order valence-electron chi connectivity index (χ0n) is 37.6. The van der Waals surface area contributed by atoms with Gasteiger partial charge in [0, 0.05) is 22.4 Å². The van der Waals surface area contributed by atoms with Gasteiger partial charge in [-0.15, -0.1) is 0 Å². The first kappa shape index (κ1) is 42.5. The van der Waals surface area contributed by atoms with Crippen molar-refractivity contribution in [3.05, 3.63) is 69.3 Å². The summed E-state index contributed by atoms with van der Waals surface area (Å²) in [4.78, 5) is 0. The van der Waals surface area contributed by atoms with Crippen molar-refractivity contribution in [3.8, 4) is 11.5 Å². The monoisotopic (exact) mass is 837 g/mol. The Balaban J connectivity index is 0.000000152. The van der Waals surface area contributed by atoms with Gasteiger partial charge in [0.25, 0.3) is 0 Å². The van der Waals surface area contributed by atoms with Crippen LogP contribution in [-0.2, 0) is 4.57 Å². The Bertz CT molecular complexity index is 1840. The first-order valence-electron chi connectivity index (χ1n) is 25.1. The van der Waals surface area contributed by atoms with E-state index in [1.165, 1.54) is 200 Å². The van der Waals surface area contributed by atoms with Gasteiger partial charge in [-0.3, -0.25) is 0 Å². The molecule has 0 saturated heterocycles. The molecule has 6 saturated carbocycles. The Morgan fingerprint density at radius 1 is 0.492 bits per heavy atom. The fraction of sp³-hybridized carbons (Fsp3) is 0.704. The molecule has 5 heteroatoms. The van der Waals surface area contributed by atoms with Crippen molar-refractivity contribution in [3.63, 3.8) is 0 Å². The van der Waals surface area contributed by atoms with Crippen LogP contribution < -0.4 is 9.47 Å². The van der Waals surface area contributed by atoms with E-state index in [-0.39, 0.29) is 7.92 Å². The quantitative estimate of drug-likeness (QED) is 0.224. The van der Waals surface area contributed by atoms with Gasteiger partial charge in [0.1, 0.15) is 18.6 Å². The number of allylic oxidation sites excluding steroid dienone is 4. The molecule has 4 unspecified atom stereocenters. The van der Waals surface area contributed by atoms with Crippen molar-refractivity contribution >= 4 is 26.2 Å². The number of fused-ring (bicyclic) bond motifs is 4. The molecule has 8 aliphatic carbocycles. The van der Waals surface area contributed by atoms with Crippen molar-refractivity contribution in [1.82, 2.24) is 0 Å². The molecule has 6 fully saturated rings. The molecular weight excluding hydrogens is 759 g/mol. The average Bonchev–Trinajstić information content (AvgIpc) is 4.11. The summed E-state index contributed by atoms with van der Waals surface area (Å²) in [6.07, 6.45) is 35.7. The van der Waals surface area contributed by atoms with E-state index in [2.05, 4.69) is 50.2 Å². The van der Waals surface area contributed by atoms with Crippen molar-refractivity contribution < 1.29 is 14.0 Å². The van der Waals surface area contributed by atoms with Gasteiger partial charge in [-0.2, -0.15) is 0 Å². The molecule has 0 radical (unpaired) electrons. The number of methoxy groups -OCH3 is 2. The Kier molecular flexibility index (Phi) is 13.6. The first-order chi connectivity index (χ1) is 28.9. The lowest BCUT2D eigenvalue weighted by atomic mass is 9.89. The molecule has 2 aromatic rings. The molecule has 10 rings (SSSR count). The van der Waals surface area contributed by atoms with Crippen molar-refractivity contribution in [2.45, 2.75) is 203 Å². The summed E-state index contributed by atoms with van der Waals surface area (Å²) in [7, 11) is 1.28. The maximum atomic E-state index is 15.5. The molecule has 0 aliphatic heterocycles. The highest BCUT2D eigenvalue weighted by atomic mass is 31.2. The largest absolute Gasteiger partial charge is 0.496 e. The van der Waals surface area contributed by atoms with Gasteiger partial charge in [-0.05, 0) is 184 Å². The Morgan fingerprint density at radius 2 is 0.898 bits per heavy atom. The smallest absolute Gasteiger partial charge is 0.126 e. The van der Waals surface area contributed by atoms with Gasteiger partial charge in [-0.25, -0.2) is 0 Å². The third-order valence-electron chi connectivity index (χ3n) is 17.3. The Hall–Kier alpha value is -1.82. The van der Waals surface area contributed by atoms with Gasteiger partial charge in [0.05, 0.1) is 14.2 Å². The average molecular weight is 837 g/mol. The minimum absolute atomic E-state index is 0.0185. The summed E-state index contributed by atoms with van der Waals surface area (Å²) in [5, 5.41) is 3.48. The summed E-state index contributed by atoms with van der Waals surface area (Å²) >= 11 is 0. The molecule has 0 spiro atoms. The zero-order chi connectivity index (χ0) is 40.5. The van der Waals surface area contributed by atoms with Crippen LogP contribution in [0.15, 0.2) is 47.0 Å². The van der Waals surface area contributed by atoms with E-state index in [0.717, 1.165) is 34.7 Å². The molecule has 3 nitrogen and oxygen atoms in total. The van der Waals surface area contributed by atoms with Crippen LogP contribution in [0.25, 0.3) is 11.1 Å². The van der Waals surface area contributed by atoms with Crippen LogP contribution in [-0.4, -0.2) is 36.9 Å². The van der Waals surface area contributed by atoms with Gasteiger partial charge in [0.2, 0.25) is 0 Å². The first-order valence-corrected chi connectivity index (χ1v) is 28.4. The number of aryl methyl sites for hydroxylation is 2. The Morgan fingerprint density at radius 3 is 1.39 bits per heavy atom. The molecule has 0 aromatic heterocycles. The van der Waals surface area contributed by atoms with Crippen molar-refractivity contribution in [2.75, 3.05) is 14.2 Å². The van der Waals surface area contributed by atoms with E-state index >= 15 is 4.57 Å². The molecule has 59 heavy (non-hydrogen) atoms. The van der Waals surface area contributed by atoms with Gasteiger partial charge in [0.15, 0.2) is 0 Å². The molecule has 8 aliphatic rings. The number of hydrogen-bond donors (Lipinski definition) is 0. The summed E-state index contributed by atoms with van der Waals surface area (Å²) in [6, 6.07) is 13.1. The molecule has 0 amide bonds. The normalized spacial score (nSPS) is 28.4. The van der Waals surface area contributed by atoms with Gasteiger partial charge in [-0.1, -0.05) is 109 Å². The molecule has 0 heterocycles. The van der Waals surface area contributed by atoms with Crippen molar-refractivity contribution in [1.29, 1.82) is 0 Å². The topological polar surface area (TPSA) is 35.5 Å². The standard InChI is InChI=1S/C27H39O2P.C27H39OP/c1-19-10-9-15-24(29-2)25(19)26-20-16-17-21(18-20)27(26)30(28,22-11-5-3-6-12-22)23-13-7-4-8-14-23;1-19-10-9-15-24(28-2)25(19)26-20-16-17-21(18-20)27(26)29(22-11-5-3-6-12-22)23-13-7-4-8-14-23/h9-10,15,20-23H,3-8,11-14,16-18H2,1-2H3;9-10,15,20-23H,3-8,11-14,16-18H2,1-2H3. The van der Waals surface area contributed by atoms with E-state index in [1.807, 2.05) is 12.4 Å².